The fourth-order valence-corrected chi connectivity index (χ4v) is 3.04. The van der Waals surface area contributed by atoms with Gasteiger partial charge in [-0.3, -0.25) is 0 Å². The standard InChI is InChI=1S/C18H24N2O5/c1-2-11-3-5-12(6-4-11)7-13-8-19-20(9-13)18-17(24)16(23)15(22)14(10-21)25-18/h3-6,8-9,14-18,21-24H,2,7,10H2,1H3/t14?,15-,16?,17-,18?/m1/s1. The molecule has 0 spiro atoms. The summed E-state index contributed by atoms with van der Waals surface area (Å²) in [4.78, 5) is 0. The van der Waals surface area contributed by atoms with Crippen LogP contribution in [-0.2, 0) is 17.6 Å². The lowest BCUT2D eigenvalue weighted by Gasteiger charge is -2.39. The zero-order valence-corrected chi connectivity index (χ0v) is 14.1. The van der Waals surface area contributed by atoms with Crippen LogP contribution in [0.15, 0.2) is 36.7 Å². The number of hydrogen-bond acceptors (Lipinski definition) is 6. The third-order valence-electron chi connectivity index (χ3n) is 4.62. The second kappa shape index (κ2) is 7.63. The molecule has 136 valence electrons. The molecule has 0 aliphatic carbocycles. The average molecular weight is 348 g/mol. The first-order valence-corrected chi connectivity index (χ1v) is 8.44. The first-order valence-electron chi connectivity index (χ1n) is 8.44. The molecule has 1 saturated heterocycles. The highest BCUT2D eigenvalue weighted by atomic mass is 16.6. The van der Waals surface area contributed by atoms with E-state index in [-0.39, 0.29) is 0 Å². The van der Waals surface area contributed by atoms with Gasteiger partial charge in [0.15, 0.2) is 6.23 Å². The first-order chi connectivity index (χ1) is 12.0. The molecular formula is C18H24N2O5. The molecular weight excluding hydrogens is 324 g/mol. The van der Waals surface area contributed by atoms with E-state index in [9.17, 15) is 20.4 Å². The van der Waals surface area contributed by atoms with Crippen molar-refractivity contribution in [1.82, 2.24) is 9.78 Å². The van der Waals surface area contributed by atoms with Crippen molar-refractivity contribution >= 4 is 0 Å². The number of aliphatic hydroxyl groups excluding tert-OH is 4. The van der Waals surface area contributed by atoms with Gasteiger partial charge in [-0.25, -0.2) is 4.68 Å². The Morgan fingerprint density at radius 3 is 2.32 bits per heavy atom. The lowest BCUT2D eigenvalue weighted by molar-refractivity contribution is -0.253. The van der Waals surface area contributed by atoms with Crippen molar-refractivity contribution in [2.24, 2.45) is 0 Å². The molecule has 0 amide bonds. The minimum atomic E-state index is -1.41. The highest BCUT2D eigenvalue weighted by molar-refractivity contribution is 5.27. The van der Waals surface area contributed by atoms with Crippen LogP contribution in [0.25, 0.3) is 0 Å². The van der Waals surface area contributed by atoms with Gasteiger partial charge in [-0.2, -0.15) is 5.10 Å². The minimum absolute atomic E-state index is 0.459. The fraction of sp³-hybridized carbons (Fsp3) is 0.500. The van der Waals surface area contributed by atoms with E-state index >= 15 is 0 Å². The summed E-state index contributed by atoms with van der Waals surface area (Å²) in [5.74, 6) is 0. The lowest BCUT2D eigenvalue weighted by Crippen LogP contribution is -2.56. The smallest absolute Gasteiger partial charge is 0.179 e. The maximum atomic E-state index is 10.2. The minimum Gasteiger partial charge on any atom is -0.394 e. The Balaban J connectivity index is 1.73. The molecule has 2 heterocycles. The Morgan fingerprint density at radius 1 is 1.00 bits per heavy atom. The van der Waals surface area contributed by atoms with E-state index in [1.165, 1.54) is 10.2 Å². The molecule has 1 aromatic heterocycles. The van der Waals surface area contributed by atoms with E-state index in [0.717, 1.165) is 17.5 Å². The highest BCUT2D eigenvalue weighted by Crippen LogP contribution is 2.28. The summed E-state index contributed by atoms with van der Waals surface area (Å²) >= 11 is 0. The molecule has 25 heavy (non-hydrogen) atoms. The summed E-state index contributed by atoms with van der Waals surface area (Å²) in [5, 5.41) is 43.4. The fourth-order valence-electron chi connectivity index (χ4n) is 3.04. The van der Waals surface area contributed by atoms with Gasteiger partial charge >= 0.3 is 0 Å². The van der Waals surface area contributed by atoms with E-state index in [4.69, 9.17) is 4.74 Å². The molecule has 2 aromatic rings. The molecule has 1 aromatic carbocycles. The molecule has 4 N–H and O–H groups in total. The molecule has 1 aliphatic heterocycles. The largest absolute Gasteiger partial charge is 0.394 e. The van der Waals surface area contributed by atoms with E-state index in [1.54, 1.807) is 12.4 Å². The summed E-state index contributed by atoms with van der Waals surface area (Å²) in [7, 11) is 0. The zero-order valence-electron chi connectivity index (χ0n) is 14.1. The van der Waals surface area contributed by atoms with Crippen LogP contribution in [-0.4, -0.2) is 61.2 Å². The number of nitrogens with zero attached hydrogens (tertiary/aromatic N) is 2. The molecule has 5 atom stereocenters. The summed E-state index contributed by atoms with van der Waals surface area (Å²) in [6.07, 6.45) is -0.945. The van der Waals surface area contributed by atoms with Crippen LogP contribution in [0.2, 0.25) is 0 Å². The normalized spacial score (nSPS) is 29.7. The van der Waals surface area contributed by atoms with Crippen LogP contribution >= 0.6 is 0 Å². The van der Waals surface area contributed by atoms with Crippen LogP contribution in [0.4, 0.5) is 0 Å². The number of ether oxygens (including phenoxy) is 1. The third kappa shape index (κ3) is 3.75. The number of aromatic nitrogens is 2. The number of hydrogen-bond donors (Lipinski definition) is 4. The second-order valence-electron chi connectivity index (χ2n) is 6.39. The zero-order chi connectivity index (χ0) is 18.0. The maximum Gasteiger partial charge on any atom is 0.179 e. The number of rotatable bonds is 5. The van der Waals surface area contributed by atoms with Gasteiger partial charge in [0.1, 0.15) is 24.4 Å². The predicted molar refractivity (Wildman–Crippen MR) is 89.9 cm³/mol. The van der Waals surface area contributed by atoms with Gasteiger partial charge in [-0.1, -0.05) is 31.2 Å². The quantitative estimate of drug-likeness (QED) is 0.606. The Hall–Kier alpha value is -1.77. The number of aryl methyl sites for hydroxylation is 1. The Kier molecular flexibility index (Phi) is 5.51. The van der Waals surface area contributed by atoms with Crippen LogP contribution in [0.1, 0.15) is 29.8 Å². The van der Waals surface area contributed by atoms with Gasteiger partial charge in [-0.05, 0) is 23.1 Å². The van der Waals surface area contributed by atoms with Gasteiger partial charge in [0.2, 0.25) is 0 Å². The Labute approximate surface area is 146 Å². The molecule has 1 fully saturated rings. The molecule has 0 saturated carbocycles. The van der Waals surface area contributed by atoms with Crippen molar-refractivity contribution in [3.63, 3.8) is 0 Å². The van der Waals surface area contributed by atoms with Gasteiger partial charge < -0.3 is 25.2 Å². The molecule has 7 heteroatoms. The van der Waals surface area contributed by atoms with Crippen molar-refractivity contribution in [3.05, 3.63) is 53.3 Å². The van der Waals surface area contributed by atoms with Crippen LogP contribution < -0.4 is 0 Å². The van der Waals surface area contributed by atoms with E-state index in [1.807, 2.05) is 0 Å². The summed E-state index contributed by atoms with van der Waals surface area (Å²) in [6.45, 7) is 1.65. The third-order valence-corrected chi connectivity index (χ3v) is 4.62. The maximum absolute atomic E-state index is 10.2. The van der Waals surface area contributed by atoms with Gasteiger partial charge in [0.05, 0.1) is 12.8 Å². The highest BCUT2D eigenvalue weighted by Gasteiger charge is 2.44. The second-order valence-corrected chi connectivity index (χ2v) is 6.39. The lowest BCUT2D eigenvalue weighted by atomic mass is 9.98. The van der Waals surface area contributed by atoms with Crippen LogP contribution in [0, 0.1) is 0 Å². The van der Waals surface area contributed by atoms with Crippen molar-refractivity contribution in [2.45, 2.75) is 50.4 Å². The van der Waals surface area contributed by atoms with Gasteiger partial charge in [0.25, 0.3) is 0 Å². The molecule has 3 unspecified atom stereocenters. The number of aliphatic hydroxyl groups is 4. The predicted octanol–water partition coefficient (Wildman–Crippen LogP) is 0.00870. The number of benzene rings is 1. The van der Waals surface area contributed by atoms with Crippen molar-refractivity contribution < 1.29 is 25.2 Å². The van der Waals surface area contributed by atoms with E-state index in [2.05, 4.69) is 36.3 Å². The van der Waals surface area contributed by atoms with E-state index in [0.29, 0.717) is 6.42 Å². The Morgan fingerprint density at radius 2 is 1.68 bits per heavy atom. The summed E-state index contributed by atoms with van der Waals surface area (Å²) in [6, 6.07) is 8.34. The van der Waals surface area contributed by atoms with Gasteiger partial charge in [-0.15, -0.1) is 0 Å². The van der Waals surface area contributed by atoms with E-state index < -0.39 is 37.3 Å². The van der Waals surface area contributed by atoms with Crippen molar-refractivity contribution in [2.75, 3.05) is 6.61 Å². The average Bonchev–Trinajstić information content (AvgIpc) is 3.09. The molecule has 0 radical (unpaired) electrons. The molecule has 0 bridgehead atoms. The van der Waals surface area contributed by atoms with Crippen molar-refractivity contribution in [3.8, 4) is 0 Å². The molecule has 7 nitrogen and oxygen atoms in total. The Bertz CT molecular complexity index is 685. The first kappa shape index (κ1) is 18.0. The van der Waals surface area contributed by atoms with Crippen LogP contribution in [0.5, 0.6) is 0 Å². The van der Waals surface area contributed by atoms with Crippen molar-refractivity contribution in [1.29, 1.82) is 0 Å². The topological polar surface area (TPSA) is 108 Å². The summed E-state index contributed by atoms with van der Waals surface area (Å²) < 4.78 is 6.92. The summed E-state index contributed by atoms with van der Waals surface area (Å²) in [5.41, 5.74) is 3.35. The van der Waals surface area contributed by atoms with Gasteiger partial charge in [0, 0.05) is 12.6 Å². The SMILES string of the molecule is CCc1ccc(Cc2cnn(C3OC(CO)[C@@H](O)C(O)[C@H]3O)c2)cc1. The monoisotopic (exact) mass is 348 g/mol. The molecule has 3 rings (SSSR count). The van der Waals surface area contributed by atoms with Crippen LogP contribution in [0.3, 0.4) is 0 Å². The molecule has 1 aliphatic rings.